The quantitative estimate of drug-likeness (QED) is 0.745. The van der Waals surface area contributed by atoms with Crippen LogP contribution in [0.25, 0.3) is 0 Å². The molecule has 0 aliphatic rings. The predicted molar refractivity (Wildman–Crippen MR) is 81.0 cm³/mol. The molecular formula is C16H28N2O2. The molecule has 1 heterocycles. The first-order valence-corrected chi connectivity index (χ1v) is 7.58. The summed E-state index contributed by atoms with van der Waals surface area (Å²) in [5.74, 6) is 0.261. The zero-order valence-corrected chi connectivity index (χ0v) is 13.7. The summed E-state index contributed by atoms with van der Waals surface area (Å²) in [4.78, 5) is 12.1. The summed E-state index contributed by atoms with van der Waals surface area (Å²) in [5, 5.41) is 4.64. The van der Waals surface area contributed by atoms with Gasteiger partial charge in [0.05, 0.1) is 12.3 Å². The highest BCUT2D eigenvalue weighted by Gasteiger charge is 2.24. The minimum absolute atomic E-state index is 0.0690. The standard InChI is InChI=1S/C16H28N2O2/c1-7-12(8-2)11-18-13(15(19)20-9-3)10-14(17-18)16(4,5)6/h10,12H,7-9,11H2,1-6H3. The lowest BCUT2D eigenvalue weighted by Crippen LogP contribution is -2.18. The van der Waals surface area contributed by atoms with E-state index in [0.29, 0.717) is 18.2 Å². The SMILES string of the molecule is CCOC(=O)c1cc(C(C)(C)C)nn1CC(CC)CC. The van der Waals surface area contributed by atoms with Crippen LogP contribution in [-0.4, -0.2) is 22.4 Å². The van der Waals surface area contributed by atoms with E-state index in [1.54, 1.807) is 0 Å². The van der Waals surface area contributed by atoms with Gasteiger partial charge in [-0.15, -0.1) is 0 Å². The fourth-order valence-electron chi connectivity index (χ4n) is 2.08. The second kappa shape index (κ2) is 6.91. The smallest absolute Gasteiger partial charge is 0.356 e. The molecule has 4 nitrogen and oxygen atoms in total. The Balaban J connectivity index is 3.11. The van der Waals surface area contributed by atoms with Crippen LogP contribution in [0.1, 0.15) is 70.6 Å². The van der Waals surface area contributed by atoms with E-state index in [9.17, 15) is 4.79 Å². The Kier molecular flexibility index (Phi) is 5.78. The molecule has 0 unspecified atom stereocenters. The molecule has 0 aliphatic carbocycles. The number of hydrogen-bond donors (Lipinski definition) is 0. The number of nitrogens with zero attached hydrogens (tertiary/aromatic N) is 2. The van der Waals surface area contributed by atoms with Gasteiger partial charge in [-0.25, -0.2) is 4.79 Å². The van der Waals surface area contributed by atoms with Crippen LogP contribution in [0.4, 0.5) is 0 Å². The molecule has 0 aromatic carbocycles. The van der Waals surface area contributed by atoms with Crippen LogP contribution < -0.4 is 0 Å². The Morgan fingerprint density at radius 2 is 1.90 bits per heavy atom. The molecule has 0 fully saturated rings. The van der Waals surface area contributed by atoms with Gasteiger partial charge in [-0.3, -0.25) is 4.68 Å². The molecule has 0 radical (unpaired) electrons. The van der Waals surface area contributed by atoms with Gasteiger partial charge in [0.25, 0.3) is 0 Å². The third kappa shape index (κ3) is 4.09. The maximum atomic E-state index is 12.1. The summed E-state index contributed by atoms with van der Waals surface area (Å²) in [7, 11) is 0. The summed E-state index contributed by atoms with van der Waals surface area (Å²) in [5.41, 5.74) is 1.44. The molecule has 0 saturated heterocycles. The third-order valence-electron chi connectivity index (χ3n) is 3.62. The van der Waals surface area contributed by atoms with Crippen LogP contribution in [0.2, 0.25) is 0 Å². The Labute approximate surface area is 122 Å². The van der Waals surface area contributed by atoms with Crippen molar-refractivity contribution in [1.29, 1.82) is 0 Å². The van der Waals surface area contributed by atoms with Crippen molar-refractivity contribution >= 4 is 5.97 Å². The Hall–Kier alpha value is -1.32. The number of ether oxygens (including phenoxy) is 1. The highest BCUT2D eigenvalue weighted by atomic mass is 16.5. The van der Waals surface area contributed by atoms with E-state index in [4.69, 9.17) is 4.74 Å². The molecule has 4 heteroatoms. The van der Waals surface area contributed by atoms with E-state index in [-0.39, 0.29) is 11.4 Å². The first-order valence-electron chi connectivity index (χ1n) is 7.58. The van der Waals surface area contributed by atoms with Gasteiger partial charge in [-0.1, -0.05) is 47.5 Å². The van der Waals surface area contributed by atoms with Gasteiger partial charge < -0.3 is 4.74 Å². The number of carbonyl (C=O) groups is 1. The largest absolute Gasteiger partial charge is 0.461 e. The van der Waals surface area contributed by atoms with Crippen molar-refractivity contribution in [2.75, 3.05) is 6.61 Å². The molecule has 0 spiro atoms. The third-order valence-corrected chi connectivity index (χ3v) is 3.62. The van der Waals surface area contributed by atoms with Crippen molar-refractivity contribution in [2.24, 2.45) is 5.92 Å². The van der Waals surface area contributed by atoms with Gasteiger partial charge in [-0.2, -0.15) is 5.10 Å². The van der Waals surface area contributed by atoms with Crippen molar-refractivity contribution in [3.8, 4) is 0 Å². The highest BCUT2D eigenvalue weighted by Crippen LogP contribution is 2.23. The fraction of sp³-hybridized carbons (Fsp3) is 0.750. The van der Waals surface area contributed by atoms with Gasteiger partial charge in [-0.05, 0) is 18.9 Å². The van der Waals surface area contributed by atoms with Gasteiger partial charge in [0.2, 0.25) is 0 Å². The maximum absolute atomic E-state index is 12.1. The minimum Gasteiger partial charge on any atom is -0.461 e. The van der Waals surface area contributed by atoms with Gasteiger partial charge >= 0.3 is 5.97 Å². The maximum Gasteiger partial charge on any atom is 0.356 e. The van der Waals surface area contributed by atoms with E-state index in [0.717, 1.165) is 25.1 Å². The van der Waals surface area contributed by atoms with Crippen LogP contribution in [-0.2, 0) is 16.7 Å². The summed E-state index contributed by atoms with van der Waals surface area (Å²) in [6, 6.07) is 1.88. The molecule has 0 saturated carbocycles. The zero-order chi connectivity index (χ0) is 15.3. The molecule has 0 N–H and O–H groups in total. The molecule has 0 amide bonds. The average molecular weight is 280 g/mol. The number of rotatable bonds is 6. The lowest BCUT2D eigenvalue weighted by molar-refractivity contribution is 0.0510. The van der Waals surface area contributed by atoms with E-state index < -0.39 is 0 Å². The number of aromatic nitrogens is 2. The van der Waals surface area contributed by atoms with Crippen molar-refractivity contribution in [1.82, 2.24) is 9.78 Å². The molecule has 1 aromatic rings. The van der Waals surface area contributed by atoms with Crippen molar-refractivity contribution in [3.05, 3.63) is 17.5 Å². The van der Waals surface area contributed by atoms with E-state index in [1.165, 1.54) is 0 Å². The first-order chi connectivity index (χ1) is 9.33. The molecule has 114 valence electrons. The van der Waals surface area contributed by atoms with E-state index in [2.05, 4.69) is 39.7 Å². The van der Waals surface area contributed by atoms with Crippen molar-refractivity contribution in [2.45, 2.75) is 66.3 Å². The number of carbonyl (C=O) groups excluding carboxylic acids is 1. The van der Waals surface area contributed by atoms with Crippen LogP contribution in [0.3, 0.4) is 0 Å². The highest BCUT2D eigenvalue weighted by molar-refractivity contribution is 5.87. The summed E-state index contributed by atoms with van der Waals surface area (Å²) in [6.45, 7) is 13.6. The fourth-order valence-corrected chi connectivity index (χ4v) is 2.08. The lowest BCUT2D eigenvalue weighted by atomic mass is 9.92. The van der Waals surface area contributed by atoms with Crippen molar-refractivity contribution < 1.29 is 9.53 Å². The average Bonchev–Trinajstić information content (AvgIpc) is 2.80. The van der Waals surface area contributed by atoms with Crippen LogP contribution in [0.5, 0.6) is 0 Å². The second-order valence-electron chi connectivity index (χ2n) is 6.25. The second-order valence-corrected chi connectivity index (χ2v) is 6.25. The number of esters is 1. The normalized spacial score (nSPS) is 11.9. The van der Waals surface area contributed by atoms with E-state index >= 15 is 0 Å². The van der Waals surface area contributed by atoms with E-state index in [1.807, 2.05) is 17.7 Å². The molecular weight excluding hydrogens is 252 g/mol. The Morgan fingerprint density at radius 3 is 2.35 bits per heavy atom. The molecule has 0 atom stereocenters. The summed E-state index contributed by atoms with van der Waals surface area (Å²) < 4.78 is 6.97. The molecule has 0 aliphatic heterocycles. The van der Waals surface area contributed by atoms with Gasteiger partial charge in [0.1, 0.15) is 5.69 Å². The topological polar surface area (TPSA) is 44.1 Å². The van der Waals surface area contributed by atoms with Gasteiger partial charge in [0, 0.05) is 12.0 Å². The summed E-state index contributed by atoms with van der Waals surface area (Å²) in [6.07, 6.45) is 2.17. The van der Waals surface area contributed by atoms with Gasteiger partial charge in [0.15, 0.2) is 0 Å². The molecule has 1 rings (SSSR count). The van der Waals surface area contributed by atoms with Crippen LogP contribution >= 0.6 is 0 Å². The molecule has 20 heavy (non-hydrogen) atoms. The Bertz CT molecular complexity index is 440. The van der Waals surface area contributed by atoms with Crippen LogP contribution in [0.15, 0.2) is 6.07 Å². The van der Waals surface area contributed by atoms with Crippen LogP contribution in [0, 0.1) is 5.92 Å². The van der Waals surface area contributed by atoms with Crippen molar-refractivity contribution in [3.63, 3.8) is 0 Å². The monoisotopic (exact) mass is 280 g/mol. The number of hydrogen-bond acceptors (Lipinski definition) is 3. The predicted octanol–water partition coefficient (Wildman–Crippen LogP) is 3.79. The summed E-state index contributed by atoms with van der Waals surface area (Å²) >= 11 is 0. The Morgan fingerprint density at radius 1 is 1.30 bits per heavy atom. The molecule has 1 aromatic heterocycles. The minimum atomic E-state index is -0.276. The zero-order valence-electron chi connectivity index (χ0n) is 13.7. The lowest BCUT2D eigenvalue weighted by Gasteiger charge is -2.16. The first kappa shape index (κ1) is 16.7. The molecule has 0 bridgehead atoms.